The molecule has 0 radical (unpaired) electrons. The number of carbonyl (C=O) groups is 4. The Bertz CT molecular complexity index is 2620. The maximum Gasteiger partial charge on any atom is 0.407 e. The number of aromatic amines is 2. The molecular weight excluding hydrogens is 925 g/mol. The molecule has 5 aromatic rings. The van der Waals surface area contributed by atoms with Gasteiger partial charge in [-0.15, -0.1) is 0 Å². The van der Waals surface area contributed by atoms with E-state index in [-0.39, 0.29) is 55.5 Å². The Balaban J connectivity index is 1.05. The molecule has 380 valence electrons. The highest BCUT2D eigenvalue weighted by Gasteiger charge is 2.44. The minimum atomic E-state index is -1.32. The van der Waals surface area contributed by atoms with E-state index in [1.54, 1.807) is 32.6 Å². The SMILES string of the molecule is COC(=O)N[C@H](C(=O)N1C[C@@H](F)C[C@H]1c1nc2ccc([C@H]3CC[C@H](c4ccc5nc([C@@H]6C[C@H](F)CN6C(=O)[C@@H](NC(=O)OC)C(C)C)[nH]c5c4)N3c3cc(F)c(N4CCCCC4)c(F)c3)cc2[nH]1)C(C)C. The predicted octanol–water partition coefficient (Wildman–Crippen LogP) is 8.77. The van der Waals surface area contributed by atoms with Crippen LogP contribution < -0.4 is 20.4 Å². The fourth-order valence-electron chi connectivity index (χ4n) is 11.1. The van der Waals surface area contributed by atoms with Crippen molar-refractivity contribution in [2.45, 2.75) is 121 Å². The number of anilines is 2. The largest absolute Gasteiger partial charge is 0.453 e. The summed E-state index contributed by atoms with van der Waals surface area (Å²) >= 11 is 0. The average molecular weight is 987 g/mol. The van der Waals surface area contributed by atoms with E-state index in [1.165, 1.54) is 36.2 Å². The summed E-state index contributed by atoms with van der Waals surface area (Å²) in [6.45, 7) is 7.91. The number of benzene rings is 3. The van der Waals surface area contributed by atoms with Crippen molar-refractivity contribution in [2.24, 2.45) is 11.8 Å². The van der Waals surface area contributed by atoms with Crippen molar-refractivity contribution in [1.29, 1.82) is 0 Å². The lowest BCUT2D eigenvalue weighted by Gasteiger charge is -2.35. The number of alkyl halides is 2. The fraction of sp³-hybridized carbons (Fsp3) is 0.529. The first-order chi connectivity index (χ1) is 34.0. The number of ether oxygens (including phenoxy) is 2. The van der Waals surface area contributed by atoms with Gasteiger partial charge in [-0.25, -0.2) is 37.1 Å². The average Bonchev–Trinajstić information content (AvgIpc) is 4.20. The molecule has 0 aliphatic carbocycles. The van der Waals surface area contributed by atoms with E-state index in [1.807, 2.05) is 41.3 Å². The molecule has 0 spiro atoms. The maximum atomic E-state index is 16.4. The molecular formula is C51H62F4N10O6. The number of alkyl carbamates (subject to hydrolysis) is 2. The Morgan fingerprint density at radius 1 is 0.648 bits per heavy atom. The molecule has 4 fully saturated rings. The van der Waals surface area contributed by atoms with Gasteiger partial charge in [0.1, 0.15) is 41.8 Å². The number of nitrogens with zero attached hydrogens (tertiary/aromatic N) is 6. The molecule has 2 aromatic heterocycles. The van der Waals surface area contributed by atoms with E-state index in [4.69, 9.17) is 19.4 Å². The quantitative estimate of drug-likeness (QED) is 0.0883. The molecule has 4 N–H and O–H groups in total. The first-order valence-electron chi connectivity index (χ1n) is 24.6. The highest BCUT2D eigenvalue weighted by Crippen LogP contribution is 2.49. The number of hydrogen-bond donors (Lipinski definition) is 4. The minimum absolute atomic E-state index is 0.00674. The predicted molar refractivity (Wildman–Crippen MR) is 258 cm³/mol. The Hall–Kier alpha value is -6.60. The summed E-state index contributed by atoms with van der Waals surface area (Å²) in [5.74, 6) is -2.05. The van der Waals surface area contributed by atoms with Crippen molar-refractivity contribution in [1.82, 2.24) is 40.4 Å². The van der Waals surface area contributed by atoms with Crippen molar-refractivity contribution >= 4 is 57.4 Å². The zero-order chi connectivity index (χ0) is 50.4. The van der Waals surface area contributed by atoms with Gasteiger partial charge in [-0.2, -0.15) is 0 Å². The van der Waals surface area contributed by atoms with E-state index < -0.39 is 72.1 Å². The third kappa shape index (κ3) is 9.77. The molecule has 0 saturated carbocycles. The van der Waals surface area contributed by atoms with Crippen molar-refractivity contribution in [2.75, 3.05) is 50.2 Å². The number of likely N-dealkylation sites (tertiary alicyclic amines) is 2. The summed E-state index contributed by atoms with van der Waals surface area (Å²) in [7, 11) is 2.41. The number of methoxy groups -OCH3 is 2. The molecule has 16 nitrogen and oxygen atoms in total. The third-order valence-electron chi connectivity index (χ3n) is 14.7. The Morgan fingerprint density at radius 2 is 1.08 bits per heavy atom. The van der Waals surface area contributed by atoms with Crippen LogP contribution in [0, 0.1) is 23.5 Å². The van der Waals surface area contributed by atoms with Gasteiger partial charge in [0.2, 0.25) is 11.8 Å². The number of carbonyl (C=O) groups excluding carboxylic acids is 4. The van der Waals surface area contributed by atoms with Gasteiger partial charge in [0.15, 0.2) is 11.6 Å². The summed E-state index contributed by atoms with van der Waals surface area (Å²) in [5, 5.41) is 5.18. The van der Waals surface area contributed by atoms with Gasteiger partial charge in [-0.1, -0.05) is 39.8 Å². The Morgan fingerprint density at radius 3 is 1.49 bits per heavy atom. The van der Waals surface area contributed by atoms with Crippen molar-refractivity contribution in [3.05, 3.63) is 82.9 Å². The van der Waals surface area contributed by atoms with Crippen molar-refractivity contribution in [3.63, 3.8) is 0 Å². The van der Waals surface area contributed by atoms with Crippen LogP contribution in [0.5, 0.6) is 0 Å². The van der Waals surface area contributed by atoms with Crippen LogP contribution in [0.4, 0.5) is 38.5 Å². The molecule has 0 unspecified atom stereocenters. The van der Waals surface area contributed by atoms with Crippen LogP contribution in [0.15, 0.2) is 48.5 Å². The van der Waals surface area contributed by atoms with E-state index in [0.717, 1.165) is 30.4 Å². The number of fused-ring (bicyclic) bond motifs is 2. The minimum Gasteiger partial charge on any atom is -0.453 e. The summed E-state index contributed by atoms with van der Waals surface area (Å²) in [4.78, 5) is 75.1. The highest BCUT2D eigenvalue weighted by atomic mass is 19.1. The van der Waals surface area contributed by atoms with E-state index in [2.05, 4.69) is 20.6 Å². The summed E-state index contributed by atoms with van der Waals surface area (Å²) in [5.41, 5.74) is 4.40. The monoisotopic (exact) mass is 986 g/mol. The van der Waals surface area contributed by atoms with Crippen LogP contribution in [0.2, 0.25) is 0 Å². The molecule has 4 amide bonds. The Kier molecular flexibility index (Phi) is 14.1. The van der Waals surface area contributed by atoms with Gasteiger partial charge in [0.05, 0.1) is 73.5 Å². The van der Waals surface area contributed by atoms with Crippen molar-refractivity contribution < 1.29 is 46.2 Å². The van der Waals surface area contributed by atoms with Crippen LogP contribution in [-0.2, 0) is 19.1 Å². The second kappa shape index (κ2) is 20.3. The van der Waals surface area contributed by atoms with Crippen LogP contribution in [0.1, 0.15) is 120 Å². The number of H-pyrrole nitrogens is 2. The van der Waals surface area contributed by atoms with Gasteiger partial charge < -0.3 is 49.7 Å². The van der Waals surface area contributed by atoms with Crippen LogP contribution >= 0.6 is 0 Å². The van der Waals surface area contributed by atoms with Crippen LogP contribution in [0.25, 0.3) is 22.1 Å². The van der Waals surface area contributed by atoms with E-state index in [0.29, 0.717) is 65.3 Å². The van der Waals surface area contributed by atoms with Crippen LogP contribution in [0.3, 0.4) is 0 Å². The zero-order valence-corrected chi connectivity index (χ0v) is 40.8. The van der Waals surface area contributed by atoms with Gasteiger partial charge >= 0.3 is 12.2 Å². The molecule has 4 saturated heterocycles. The lowest BCUT2D eigenvalue weighted by molar-refractivity contribution is -0.136. The number of aromatic nitrogens is 4. The number of hydrogen-bond acceptors (Lipinski definition) is 10. The second-order valence-electron chi connectivity index (χ2n) is 20.0. The van der Waals surface area contributed by atoms with E-state index in [9.17, 15) is 19.2 Å². The summed E-state index contributed by atoms with van der Waals surface area (Å²) in [6.07, 6.45) is -0.296. The zero-order valence-electron chi connectivity index (χ0n) is 40.8. The van der Waals surface area contributed by atoms with Crippen LogP contribution in [-0.4, -0.2) is 119 Å². The molecule has 0 bridgehead atoms. The number of piperidine rings is 1. The normalized spacial score (nSPS) is 23.5. The fourth-order valence-corrected chi connectivity index (χ4v) is 11.1. The standard InChI is InChI=1S/C51H62F4N10O6/c1-26(2)43(60-50(68)70-5)48(66)63-24-30(52)20-41(63)46-56-35-12-10-28(18-37(35)58-46)39-14-15-40(65(39)32-22-33(54)45(34(55)23-32)62-16-8-7-9-17-62)29-11-13-36-38(19-29)59-47(57-36)42-21-31(53)25-64(42)49(67)44(27(3)4)61-51(69)71-6/h10-13,18-19,22-23,26-27,30-31,39-44H,7-9,14-17,20-21,24-25H2,1-6H3,(H,56,58)(H,57,59)(H,60,68)(H,61,69)/t30-,31-,39+,40+,41-,42-,43-,44-/m0/s1. The topological polar surface area (TPSA) is 181 Å². The van der Waals surface area contributed by atoms with Gasteiger partial charge in [-0.3, -0.25) is 9.59 Å². The van der Waals surface area contributed by atoms with Gasteiger partial charge in [-0.05, 0) is 91.5 Å². The number of amides is 4. The molecule has 3 aromatic carbocycles. The number of imidazole rings is 2. The number of nitrogens with one attached hydrogen (secondary N) is 4. The molecule has 20 heteroatoms. The second-order valence-corrected chi connectivity index (χ2v) is 20.0. The van der Waals surface area contributed by atoms with Gasteiger partial charge in [0.25, 0.3) is 0 Å². The molecule has 6 heterocycles. The summed E-state index contributed by atoms with van der Waals surface area (Å²) < 4.78 is 72.7. The first-order valence-corrected chi connectivity index (χ1v) is 24.6. The molecule has 8 atom stereocenters. The highest BCUT2D eigenvalue weighted by molar-refractivity contribution is 5.88. The smallest absolute Gasteiger partial charge is 0.407 e. The first kappa shape index (κ1) is 49.4. The third-order valence-corrected chi connectivity index (χ3v) is 14.7. The molecule has 71 heavy (non-hydrogen) atoms. The lowest BCUT2D eigenvalue weighted by atomic mass is 10.0. The lowest BCUT2D eigenvalue weighted by Crippen LogP contribution is -2.51. The molecule has 9 rings (SSSR count). The summed E-state index contributed by atoms with van der Waals surface area (Å²) in [6, 6.07) is 10.1. The van der Waals surface area contributed by atoms with Gasteiger partial charge in [0, 0.05) is 31.6 Å². The molecule has 4 aliphatic heterocycles. The van der Waals surface area contributed by atoms with E-state index >= 15 is 17.6 Å². The van der Waals surface area contributed by atoms with Crippen molar-refractivity contribution in [3.8, 4) is 0 Å². The molecule has 4 aliphatic rings. The number of halogens is 4. The Labute approximate surface area is 409 Å². The maximum absolute atomic E-state index is 16.4. The number of rotatable bonds is 12.